The summed E-state index contributed by atoms with van der Waals surface area (Å²) in [5.41, 5.74) is 0. The first-order valence-corrected chi connectivity index (χ1v) is 5.04. The van der Waals surface area contributed by atoms with Crippen LogP contribution in [0.25, 0.3) is 0 Å². The fourth-order valence-corrected chi connectivity index (χ4v) is 1.75. The van der Waals surface area contributed by atoms with Crippen LogP contribution in [0.4, 0.5) is 0 Å². The fraction of sp³-hybridized carbons (Fsp3) is 1.00. The van der Waals surface area contributed by atoms with Crippen LogP contribution in [0.5, 0.6) is 0 Å². The third-order valence-electron chi connectivity index (χ3n) is 2.83. The zero-order chi connectivity index (χ0) is 8.27. The van der Waals surface area contributed by atoms with Crippen LogP contribution in [0.15, 0.2) is 0 Å². The molecule has 11 heavy (non-hydrogen) atoms. The molecule has 0 aromatic heterocycles. The van der Waals surface area contributed by atoms with Crippen molar-refractivity contribution in [1.29, 1.82) is 0 Å². The summed E-state index contributed by atoms with van der Waals surface area (Å²) in [5.74, 6) is 0.885. The summed E-state index contributed by atoms with van der Waals surface area (Å²) in [4.78, 5) is 0. The van der Waals surface area contributed by atoms with Crippen LogP contribution in [-0.4, -0.2) is 12.1 Å². The van der Waals surface area contributed by atoms with E-state index in [4.69, 9.17) is 0 Å². The van der Waals surface area contributed by atoms with Gasteiger partial charge in [0.25, 0.3) is 0 Å². The van der Waals surface area contributed by atoms with E-state index in [-0.39, 0.29) is 0 Å². The highest BCUT2D eigenvalue weighted by molar-refractivity contribution is 4.85. The van der Waals surface area contributed by atoms with Gasteiger partial charge in [-0.2, -0.15) is 0 Å². The van der Waals surface area contributed by atoms with Crippen molar-refractivity contribution < 1.29 is 0 Å². The Hall–Kier alpha value is -0.0400. The minimum atomic E-state index is 0.734. The second kappa shape index (κ2) is 4.10. The summed E-state index contributed by atoms with van der Waals surface area (Å²) in [6.07, 6.45) is 5.45. The molecule has 66 valence electrons. The zero-order valence-corrected chi connectivity index (χ0v) is 8.06. The number of hydrogen-bond donors (Lipinski definition) is 1. The second-order valence-corrected chi connectivity index (χ2v) is 3.81. The van der Waals surface area contributed by atoms with Gasteiger partial charge in [0, 0.05) is 12.1 Å². The molecule has 0 radical (unpaired) electrons. The zero-order valence-electron chi connectivity index (χ0n) is 8.06. The van der Waals surface area contributed by atoms with Crippen LogP contribution in [0, 0.1) is 5.92 Å². The van der Waals surface area contributed by atoms with Crippen LogP contribution < -0.4 is 5.32 Å². The summed E-state index contributed by atoms with van der Waals surface area (Å²) in [5, 5.41) is 3.66. The lowest BCUT2D eigenvalue weighted by atomic mass is 9.95. The van der Waals surface area contributed by atoms with Gasteiger partial charge in [0.05, 0.1) is 0 Å². The standard InChI is InChI=1S/C10H21N/c1-4-9(5-2)8(3)11-10-6-7-10/h8-11H,4-7H2,1-3H3. The molecule has 1 saturated carbocycles. The summed E-state index contributed by atoms with van der Waals surface area (Å²) in [6.45, 7) is 6.91. The highest BCUT2D eigenvalue weighted by Crippen LogP contribution is 2.22. The molecular weight excluding hydrogens is 134 g/mol. The van der Waals surface area contributed by atoms with Crippen LogP contribution in [0.1, 0.15) is 46.5 Å². The topological polar surface area (TPSA) is 12.0 Å². The van der Waals surface area contributed by atoms with Crippen molar-refractivity contribution in [3.63, 3.8) is 0 Å². The molecule has 1 aliphatic rings. The van der Waals surface area contributed by atoms with Crippen LogP contribution in [0.2, 0.25) is 0 Å². The maximum Gasteiger partial charge on any atom is 0.00708 e. The first-order valence-electron chi connectivity index (χ1n) is 5.04. The van der Waals surface area contributed by atoms with Gasteiger partial charge in [0.15, 0.2) is 0 Å². The molecule has 1 nitrogen and oxygen atoms in total. The Balaban J connectivity index is 2.18. The molecular formula is C10H21N. The van der Waals surface area contributed by atoms with E-state index >= 15 is 0 Å². The largest absolute Gasteiger partial charge is 0.311 e. The van der Waals surface area contributed by atoms with Gasteiger partial charge in [-0.1, -0.05) is 26.7 Å². The number of nitrogens with one attached hydrogen (secondary N) is 1. The maximum atomic E-state index is 3.66. The van der Waals surface area contributed by atoms with Crippen molar-refractivity contribution in [3.8, 4) is 0 Å². The Bertz CT molecular complexity index is 103. The monoisotopic (exact) mass is 155 g/mol. The first kappa shape index (κ1) is 9.05. The molecule has 1 rings (SSSR count). The van der Waals surface area contributed by atoms with Crippen molar-refractivity contribution in [2.75, 3.05) is 0 Å². The van der Waals surface area contributed by atoms with Gasteiger partial charge in [0.2, 0.25) is 0 Å². The van der Waals surface area contributed by atoms with E-state index in [9.17, 15) is 0 Å². The van der Waals surface area contributed by atoms with E-state index in [0.717, 1.165) is 18.0 Å². The highest BCUT2D eigenvalue weighted by Gasteiger charge is 2.24. The predicted octanol–water partition coefficient (Wildman–Crippen LogP) is 2.56. The average molecular weight is 155 g/mol. The van der Waals surface area contributed by atoms with Gasteiger partial charge >= 0.3 is 0 Å². The summed E-state index contributed by atoms with van der Waals surface area (Å²) < 4.78 is 0. The molecule has 0 aromatic rings. The SMILES string of the molecule is CCC(CC)C(C)NC1CC1. The molecule has 0 spiro atoms. The Kier molecular flexibility index (Phi) is 3.38. The fourth-order valence-electron chi connectivity index (χ4n) is 1.75. The Morgan fingerprint density at radius 3 is 2.18 bits per heavy atom. The van der Waals surface area contributed by atoms with Crippen LogP contribution >= 0.6 is 0 Å². The summed E-state index contributed by atoms with van der Waals surface area (Å²) in [6, 6.07) is 1.60. The minimum absolute atomic E-state index is 0.734. The molecule has 1 fully saturated rings. The summed E-state index contributed by atoms with van der Waals surface area (Å²) >= 11 is 0. The molecule has 1 aliphatic carbocycles. The molecule has 0 saturated heterocycles. The molecule has 1 atom stereocenters. The van der Waals surface area contributed by atoms with Crippen molar-refractivity contribution in [2.45, 2.75) is 58.5 Å². The van der Waals surface area contributed by atoms with E-state index in [1.165, 1.54) is 25.7 Å². The van der Waals surface area contributed by atoms with Gasteiger partial charge < -0.3 is 5.32 Å². The van der Waals surface area contributed by atoms with E-state index < -0.39 is 0 Å². The van der Waals surface area contributed by atoms with E-state index in [1.54, 1.807) is 0 Å². The summed E-state index contributed by atoms with van der Waals surface area (Å²) in [7, 11) is 0. The van der Waals surface area contributed by atoms with Crippen molar-refractivity contribution in [1.82, 2.24) is 5.32 Å². The van der Waals surface area contributed by atoms with Gasteiger partial charge in [-0.25, -0.2) is 0 Å². The Labute approximate surface area is 70.6 Å². The van der Waals surface area contributed by atoms with Crippen LogP contribution in [-0.2, 0) is 0 Å². The molecule has 0 amide bonds. The number of hydrogen-bond acceptors (Lipinski definition) is 1. The van der Waals surface area contributed by atoms with Crippen molar-refractivity contribution in [3.05, 3.63) is 0 Å². The molecule has 0 bridgehead atoms. The predicted molar refractivity (Wildman–Crippen MR) is 49.7 cm³/mol. The van der Waals surface area contributed by atoms with Crippen molar-refractivity contribution >= 4 is 0 Å². The van der Waals surface area contributed by atoms with Gasteiger partial charge in [-0.15, -0.1) is 0 Å². The number of rotatable bonds is 5. The Morgan fingerprint density at radius 1 is 1.27 bits per heavy atom. The third-order valence-corrected chi connectivity index (χ3v) is 2.83. The lowest BCUT2D eigenvalue weighted by Gasteiger charge is -2.22. The Morgan fingerprint density at radius 2 is 1.82 bits per heavy atom. The van der Waals surface area contributed by atoms with Gasteiger partial charge in [-0.05, 0) is 25.7 Å². The smallest absolute Gasteiger partial charge is 0.00708 e. The first-order chi connectivity index (χ1) is 5.27. The lowest BCUT2D eigenvalue weighted by Crippen LogP contribution is -2.34. The lowest BCUT2D eigenvalue weighted by molar-refractivity contribution is 0.352. The molecule has 1 heteroatoms. The molecule has 1 N–H and O–H groups in total. The quantitative estimate of drug-likeness (QED) is 0.643. The van der Waals surface area contributed by atoms with E-state index in [0.29, 0.717) is 0 Å². The van der Waals surface area contributed by atoms with E-state index in [2.05, 4.69) is 26.1 Å². The average Bonchev–Trinajstić information content (AvgIpc) is 2.74. The maximum absolute atomic E-state index is 3.66. The highest BCUT2D eigenvalue weighted by atomic mass is 15.0. The van der Waals surface area contributed by atoms with Crippen LogP contribution in [0.3, 0.4) is 0 Å². The third kappa shape index (κ3) is 2.82. The minimum Gasteiger partial charge on any atom is -0.311 e. The normalized spacial score (nSPS) is 20.7. The second-order valence-electron chi connectivity index (χ2n) is 3.81. The van der Waals surface area contributed by atoms with Crippen molar-refractivity contribution in [2.24, 2.45) is 5.92 Å². The molecule has 1 unspecified atom stereocenters. The molecule has 0 heterocycles. The van der Waals surface area contributed by atoms with Gasteiger partial charge in [-0.3, -0.25) is 0 Å². The molecule has 0 aliphatic heterocycles. The van der Waals surface area contributed by atoms with E-state index in [1.807, 2.05) is 0 Å². The molecule has 0 aromatic carbocycles. The van der Waals surface area contributed by atoms with Gasteiger partial charge in [0.1, 0.15) is 0 Å².